The molecule has 2 amide bonds. The normalized spacial score (nSPS) is 12.3. The first kappa shape index (κ1) is 32.5. The van der Waals surface area contributed by atoms with E-state index in [4.69, 9.17) is 9.47 Å². The molecule has 9 nitrogen and oxygen atoms in total. The molecule has 3 aromatic rings. The highest BCUT2D eigenvalue weighted by molar-refractivity contribution is 7.92. The first-order valence-corrected chi connectivity index (χ1v) is 15.5. The molecule has 226 valence electrons. The third kappa shape index (κ3) is 8.97. The number of hydrogen-bond acceptors (Lipinski definition) is 6. The summed E-state index contributed by atoms with van der Waals surface area (Å²) in [5.41, 5.74) is 2.06. The fourth-order valence-corrected chi connectivity index (χ4v) is 5.41. The summed E-state index contributed by atoms with van der Waals surface area (Å²) < 4.78 is 38.1. The summed E-state index contributed by atoms with van der Waals surface area (Å²) in [6.45, 7) is 6.95. The van der Waals surface area contributed by atoms with Gasteiger partial charge in [0, 0.05) is 18.5 Å². The maximum atomic E-state index is 14.3. The van der Waals surface area contributed by atoms with E-state index in [9.17, 15) is 18.0 Å². The third-order valence-corrected chi connectivity index (χ3v) is 7.67. The quantitative estimate of drug-likeness (QED) is 0.334. The van der Waals surface area contributed by atoms with Gasteiger partial charge in [0.15, 0.2) is 0 Å². The minimum atomic E-state index is -3.93. The van der Waals surface area contributed by atoms with Crippen molar-refractivity contribution < 1.29 is 27.5 Å². The molecule has 3 rings (SSSR count). The Kier molecular flexibility index (Phi) is 10.6. The van der Waals surface area contributed by atoms with Gasteiger partial charge in [0.1, 0.15) is 24.1 Å². The van der Waals surface area contributed by atoms with Gasteiger partial charge in [-0.15, -0.1) is 0 Å². The van der Waals surface area contributed by atoms with Gasteiger partial charge < -0.3 is 19.7 Å². The monoisotopic (exact) mass is 595 g/mol. The van der Waals surface area contributed by atoms with Crippen molar-refractivity contribution in [2.45, 2.75) is 52.2 Å². The zero-order valence-corrected chi connectivity index (χ0v) is 26.2. The fraction of sp³-hybridized carbons (Fsp3) is 0.375. The maximum Gasteiger partial charge on any atom is 0.244 e. The predicted molar refractivity (Wildman–Crippen MR) is 165 cm³/mol. The average molecular weight is 596 g/mol. The van der Waals surface area contributed by atoms with Gasteiger partial charge in [-0.25, -0.2) is 8.42 Å². The Morgan fingerprint density at radius 3 is 2.17 bits per heavy atom. The number of nitrogens with one attached hydrogen (secondary N) is 1. The number of amides is 2. The number of rotatable bonds is 12. The zero-order valence-electron chi connectivity index (χ0n) is 25.4. The Morgan fingerprint density at radius 1 is 0.905 bits per heavy atom. The number of nitrogens with zero attached hydrogens (tertiary/aromatic N) is 2. The second-order valence-electron chi connectivity index (χ2n) is 11.3. The number of carbonyl (C=O) groups is 2. The summed E-state index contributed by atoms with van der Waals surface area (Å²) in [6.07, 6.45) is 1.27. The standard InChI is InChI=1S/C32H41N3O6S/c1-23-16-17-29(41-6)27(18-23)35(42(7,38)39)22-30(36)34(21-25-14-11-15-26(19-25)40-5)28(31(37)33-32(2,3)4)20-24-12-9-8-10-13-24/h8-19,28H,20-22H2,1-7H3,(H,33,37)/t28-/m1/s1. The van der Waals surface area contributed by atoms with Crippen LogP contribution in [0.15, 0.2) is 72.8 Å². The van der Waals surface area contributed by atoms with Crippen LogP contribution in [-0.2, 0) is 32.6 Å². The van der Waals surface area contributed by atoms with E-state index >= 15 is 0 Å². The number of benzene rings is 3. The van der Waals surface area contributed by atoms with Crippen molar-refractivity contribution in [2.24, 2.45) is 0 Å². The smallest absolute Gasteiger partial charge is 0.244 e. The lowest BCUT2D eigenvalue weighted by molar-refractivity contribution is -0.140. The van der Waals surface area contributed by atoms with Crippen LogP contribution in [0.5, 0.6) is 11.5 Å². The number of hydrogen-bond donors (Lipinski definition) is 1. The molecule has 0 aromatic heterocycles. The Morgan fingerprint density at radius 2 is 1.57 bits per heavy atom. The summed E-state index contributed by atoms with van der Waals surface area (Å²) in [7, 11) is -0.933. The number of methoxy groups -OCH3 is 2. The number of ether oxygens (including phenoxy) is 2. The summed E-state index contributed by atoms with van der Waals surface area (Å²) in [6, 6.07) is 20.8. The first-order chi connectivity index (χ1) is 19.7. The highest BCUT2D eigenvalue weighted by Crippen LogP contribution is 2.31. The molecular formula is C32H41N3O6S. The molecule has 0 aliphatic carbocycles. The molecule has 0 heterocycles. The molecule has 1 atom stereocenters. The number of carbonyl (C=O) groups excluding carboxylic acids is 2. The van der Waals surface area contributed by atoms with Crippen LogP contribution in [-0.4, -0.2) is 63.7 Å². The van der Waals surface area contributed by atoms with Crippen LogP contribution in [0.25, 0.3) is 0 Å². The molecule has 42 heavy (non-hydrogen) atoms. The van der Waals surface area contributed by atoms with E-state index in [0.717, 1.165) is 27.3 Å². The van der Waals surface area contributed by atoms with Crippen molar-refractivity contribution in [3.63, 3.8) is 0 Å². The zero-order chi connectivity index (χ0) is 31.1. The lowest BCUT2D eigenvalue weighted by atomic mass is 10.0. The predicted octanol–water partition coefficient (Wildman–Crippen LogP) is 4.33. The van der Waals surface area contributed by atoms with Crippen molar-refractivity contribution in [1.29, 1.82) is 0 Å². The van der Waals surface area contributed by atoms with Crippen molar-refractivity contribution in [3.05, 3.63) is 89.5 Å². The molecule has 10 heteroatoms. The van der Waals surface area contributed by atoms with Gasteiger partial charge >= 0.3 is 0 Å². The molecule has 0 radical (unpaired) electrons. The minimum absolute atomic E-state index is 0.0493. The van der Waals surface area contributed by atoms with Crippen molar-refractivity contribution in [1.82, 2.24) is 10.2 Å². The molecular weight excluding hydrogens is 554 g/mol. The largest absolute Gasteiger partial charge is 0.497 e. The Hall–Kier alpha value is -4.05. The van der Waals surface area contributed by atoms with Gasteiger partial charge in [-0.05, 0) is 68.7 Å². The Bertz CT molecular complexity index is 1490. The molecule has 0 bridgehead atoms. The number of anilines is 1. The molecule has 1 N–H and O–H groups in total. The molecule has 0 fully saturated rings. The Labute approximate surface area is 249 Å². The lowest BCUT2D eigenvalue weighted by Crippen LogP contribution is -2.56. The summed E-state index contributed by atoms with van der Waals surface area (Å²) in [5.74, 6) is 0.0174. The fourth-order valence-electron chi connectivity index (χ4n) is 4.56. The van der Waals surface area contributed by atoms with E-state index in [2.05, 4.69) is 5.32 Å². The third-order valence-electron chi connectivity index (χ3n) is 6.54. The van der Waals surface area contributed by atoms with Crippen LogP contribution in [0.4, 0.5) is 5.69 Å². The molecule has 0 saturated heterocycles. The molecule has 3 aromatic carbocycles. The average Bonchev–Trinajstić information content (AvgIpc) is 2.92. The summed E-state index contributed by atoms with van der Waals surface area (Å²) in [4.78, 5) is 29.6. The molecule has 0 saturated carbocycles. The van der Waals surface area contributed by atoms with E-state index in [1.165, 1.54) is 12.0 Å². The maximum absolute atomic E-state index is 14.3. The van der Waals surface area contributed by atoms with E-state index in [1.807, 2.05) is 64.1 Å². The van der Waals surface area contributed by atoms with Crippen LogP contribution in [0.3, 0.4) is 0 Å². The summed E-state index contributed by atoms with van der Waals surface area (Å²) >= 11 is 0. The SMILES string of the molecule is COc1cccc(CN(C(=O)CN(c2cc(C)ccc2OC)S(C)(=O)=O)[C@H](Cc2ccccc2)C(=O)NC(C)(C)C)c1. The number of aryl methyl sites for hydroxylation is 1. The first-order valence-electron chi connectivity index (χ1n) is 13.6. The molecule has 0 aliphatic heterocycles. The summed E-state index contributed by atoms with van der Waals surface area (Å²) in [5, 5.41) is 3.01. The highest BCUT2D eigenvalue weighted by atomic mass is 32.2. The van der Waals surface area contributed by atoms with Crippen LogP contribution < -0.4 is 19.1 Å². The van der Waals surface area contributed by atoms with Crippen LogP contribution in [0.1, 0.15) is 37.5 Å². The van der Waals surface area contributed by atoms with Crippen molar-refractivity contribution in [3.8, 4) is 11.5 Å². The molecule has 0 spiro atoms. The van der Waals surface area contributed by atoms with Crippen LogP contribution in [0, 0.1) is 6.92 Å². The molecule has 0 unspecified atom stereocenters. The highest BCUT2D eigenvalue weighted by Gasteiger charge is 2.35. The van der Waals surface area contributed by atoms with Crippen LogP contribution in [0.2, 0.25) is 0 Å². The molecule has 0 aliphatic rings. The second-order valence-corrected chi connectivity index (χ2v) is 13.2. The van der Waals surface area contributed by atoms with E-state index < -0.39 is 34.1 Å². The van der Waals surface area contributed by atoms with Crippen LogP contribution >= 0.6 is 0 Å². The lowest BCUT2D eigenvalue weighted by Gasteiger charge is -2.35. The van der Waals surface area contributed by atoms with Gasteiger partial charge in [-0.2, -0.15) is 0 Å². The van der Waals surface area contributed by atoms with Crippen molar-refractivity contribution in [2.75, 3.05) is 31.3 Å². The minimum Gasteiger partial charge on any atom is -0.497 e. The van der Waals surface area contributed by atoms with E-state index in [1.54, 1.807) is 43.5 Å². The van der Waals surface area contributed by atoms with E-state index in [-0.39, 0.29) is 24.6 Å². The van der Waals surface area contributed by atoms with E-state index in [0.29, 0.717) is 11.5 Å². The topological polar surface area (TPSA) is 105 Å². The van der Waals surface area contributed by atoms with Gasteiger partial charge in [-0.1, -0.05) is 48.5 Å². The Balaban J connectivity index is 2.13. The van der Waals surface area contributed by atoms with Gasteiger partial charge in [-0.3, -0.25) is 13.9 Å². The van der Waals surface area contributed by atoms with Gasteiger partial charge in [0.05, 0.1) is 26.2 Å². The van der Waals surface area contributed by atoms with Crippen molar-refractivity contribution >= 4 is 27.5 Å². The number of sulfonamides is 1. The van der Waals surface area contributed by atoms with Gasteiger partial charge in [0.2, 0.25) is 21.8 Å². The second kappa shape index (κ2) is 13.7. The van der Waals surface area contributed by atoms with Gasteiger partial charge in [0.25, 0.3) is 0 Å².